The number of allylic oxidation sites excluding steroid dienone is 2. The molecular formula is C20H24O4. The van der Waals surface area contributed by atoms with Gasteiger partial charge in [-0.05, 0) is 36.5 Å². The van der Waals surface area contributed by atoms with Gasteiger partial charge in [-0.2, -0.15) is 0 Å². The maximum absolute atomic E-state index is 12.2. The van der Waals surface area contributed by atoms with E-state index in [9.17, 15) is 9.90 Å². The molecule has 0 heterocycles. The van der Waals surface area contributed by atoms with Gasteiger partial charge in [-0.3, -0.25) is 4.79 Å². The van der Waals surface area contributed by atoms with E-state index in [1.54, 1.807) is 0 Å². The molecule has 2 unspecified atom stereocenters. The molecule has 1 aromatic carbocycles. The third-order valence-electron chi connectivity index (χ3n) is 4.92. The number of aliphatic hydroxyl groups is 1. The molecule has 0 fully saturated rings. The molecule has 4 nitrogen and oxygen atoms in total. The Hall–Kier alpha value is -2.07. The van der Waals surface area contributed by atoms with E-state index in [1.807, 2.05) is 36.4 Å². The lowest BCUT2D eigenvalue weighted by Crippen LogP contribution is -2.28. The average Bonchev–Trinajstić information content (AvgIpc) is 2.65. The van der Waals surface area contributed by atoms with Gasteiger partial charge in [0.25, 0.3) is 0 Å². The molecular weight excluding hydrogens is 304 g/mol. The normalized spacial score (nSPS) is 23.3. The summed E-state index contributed by atoms with van der Waals surface area (Å²) in [6, 6.07) is 9.97. The van der Waals surface area contributed by atoms with Crippen molar-refractivity contribution in [3.05, 3.63) is 58.9 Å². The van der Waals surface area contributed by atoms with Crippen molar-refractivity contribution < 1.29 is 19.4 Å². The van der Waals surface area contributed by atoms with E-state index in [0.29, 0.717) is 13.0 Å². The van der Waals surface area contributed by atoms with Crippen LogP contribution in [0.1, 0.15) is 31.2 Å². The molecule has 0 radical (unpaired) electrons. The molecule has 0 saturated heterocycles. The zero-order valence-electron chi connectivity index (χ0n) is 14.0. The van der Waals surface area contributed by atoms with Crippen molar-refractivity contribution in [1.29, 1.82) is 0 Å². The molecule has 0 aromatic heterocycles. The summed E-state index contributed by atoms with van der Waals surface area (Å²) in [7, 11) is 1.43. The SMILES string of the molecule is COC(=O)C1CC(OCc2ccccc2)=CC2=C1CCCC2CO. The third kappa shape index (κ3) is 3.54. The second kappa shape index (κ2) is 7.67. The first-order valence-corrected chi connectivity index (χ1v) is 8.51. The fourth-order valence-corrected chi connectivity index (χ4v) is 3.65. The number of methoxy groups -OCH3 is 1. The number of hydrogen-bond donors (Lipinski definition) is 1. The predicted molar refractivity (Wildman–Crippen MR) is 90.9 cm³/mol. The Bertz CT molecular complexity index is 645. The van der Waals surface area contributed by atoms with Gasteiger partial charge in [0, 0.05) is 18.9 Å². The van der Waals surface area contributed by atoms with Crippen LogP contribution in [-0.4, -0.2) is 24.8 Å². The van der Waals surface area contributed by atoms with Crippen molar-refractivity contribution in [2.45, 2.75) is 32.3 Å². The minimum Gasteiger partial charge on any atom is -0.493 e. The number of ether oxygens (including phenoxy) is 2. The zero-order chi connectivity index (χ0) is 16.9. The molecule has 1 aromatic rings. The van der Waals surface area contributed by atoms with Gasteiger partial charge < -0.3 is 14.6 Å². The Morgan fingerprint density at radius 2 is 2.08 bits per heavy atom. The van der Waals surface area contributed by atoms with Gasteiger partial charge in [0.2, 0.25) is 0 Å². The monoisotopic (exact) mass is 328 g/mol. The van der Waals surface area contributed by atoms with Crippen molar-refractivity contribution >= 4 is 5.97 Å². The van der Waals surface area contributed by atoms with Crippen LogP contribution in [0.5, 0.6) is 0 Å². The topological polar surface area (TPSA) is 55.8 Å². The maximum Gasteiger partial charge on any atom is 0.313 e. The Balaban J connectivity index is 1.83. The summed E-state index contributed by atoms with van der Waals surface area (Å²) in [5, 5.41) is 9.69. The third-order valence-corrected chi connectivity index (χ3v) is 4.92. The highest BCUT2D eigenvalue weighted by atomic mass is 16.5. The van der Waals surface area contributed by atoms with Crippen LogP contribution in [0.4, 0.5) is 0 Å². The number of aliphatic hydroxyl groups excluding tert-OH is 1. The Morgan fingerprint density at radius 1 is 1.29 bits per heavy atom. The summed E-state index contributed by atoms with van der Waals surface area (Å²) >= 11 is 0. The van der Waals surface area contributed by atoms with Crippen molar-refractivity contribution in [3.8, 4) is 0 Å². The van der Waals surface area contributed by atoms with Gasteiger partial charge in [-0.1, -0.05) is 35.9 Å². The molecule has 128 valence electrons. The highest BCUT2D eigenvalue weighted by Gasteiger charge is 2.35. The van der Waals surface area contributed by atoms with Gasteiger partial charge in [0.05, 0.1) is 18.8 Å². The van der Waals surface area contributed by atoms with E-state index in [4.69, 9.17) is 9.47 Å². The van der Waals surface area contributed by atoms with E-state index in [2.05, 4.69) is 0 Å². The van der Waals surface area contributed by atoms with Gasteiger partial charge in [0.15, 0.2) is 0 Å². The number of rotatable bonds is 5. The van der Waals surface area contributed by atoms with Gasteiger partial charge in [-0.15, -0.1) is 0 Å². The largest absolute Gasteiger partial charge is 0.493 e. The minimum atomic E-state index is -0.282. The molecule has 24 heavy (non-hydrogen) atoms. The smallest absolute Gasteiger partial charge is 0.313 e. The molecule has 0 saturated carbocycles. The lowest BCUT2D eigenvalue weighted by molar-refractivity contribution is -0.144. The number of carbonyl (C=O) groups excluding carboxylic acids is 1. The number of carbonyl (C=O) groups is 1. The molecule has 2 aliphatic carbocycles. The summed E-state index contributed by atoms with van der Waals surface area (Å²) in [6.45, 7) is 0.585. The molecule has 4 heteroatoms. The summed E-state index contributed by atoms with van der Waals surface area (Å²) in [5.41, 5.74) is 3.29. The highest BCUT2D eigenvalue weighted by molar-refractivity contribution is 5.77. The Labute approximate surface area is 142 Å². The second-order valence-corrected chi connectivity index (χ2v) is 6.42. The van der Waals surface area contributed by atoms with E-state index in [0.717, 1.165) is 41.7 Å². The number of esters is 1. The molecule has 2 atom stereocenters. The lowest BCUT2D eigenvalue weighted by Gasteiger charge is -2.33. The van der Waals surface area contributed by atoms with Gasteiger partial charge in [-0.25, -0.2) is 0 Å². The van der Waals surface area contributed by atoms with E-state index in [1.165, 1.54) is 7.11 Å². The average molecular weight is 328 g/mol. The minimum absolute atomic E-state index is 0.0940. The number of benzene rings is 1. The standard InChI is InChI=1S/C20H24O4/c1-23-20(22)19-11-16(24-13-14-6-3-2-4-7-14)10-18-15(12-21)8-5-9-17(18)19/h2-4,6-7,10,15,19,21H,5,8-9,11-13H2,1H3. The number of hydrogen-bond acceptors (Lipinski definition) is 4. The molecule has 2 aliphatic rings. The highest BCUT2D eigenvalue weighted by Crippen LogP contribution is 2.41. The first kappa shape index (κ1) is 16.8. The molecule has 0 amide bonds. The maximum atomic E-state index is 12.2. The van der Waals surface area contributed by atoms with E-state index >= 15 is 0 Å². The van der Waals surface area contributed by atoms with Crippen molar-refractivity contribution in [1.82, 2.24) is 0 Å². The second-order valence-electron chi connectivity index (χ2n) is 6.42. The van der Waals surface area contributed by atoms with Crippen LogP contribution in [0.15, 0.2) is 53.3 Å². The van der Waals surface area contributed by atoms with Crippen LogP contribution >= 0.6 is 0 Å². The fourth-order valence-electron chi connectivity index (χ4n) is 3.65. The Kier molecular flexibility index (Phi) is 5.36. The van der Waals surface area contributed by atoms with Crippen LogP contribution < -0.4 is 0 Å². The predicted octanol–water partition coefficient (Wildman–Crippen LogP) is 3.37. The summed E-state index contributed by atoms with van der Waals surface area (Å²) < 4.78 is 11.0. The molecule has 0 aliphatic heterocycles. The van der Waals surface area contributed by atoms with Crippen molar-refractivity contribution in [2.75, 3.05) is 13.7 Å². The van der Waals surface area contributed by atoms with Crippen LogP contribution in [0.3, 0.4) is 0 Å². The van der Waals surface area contributed by atoms with E-state index < -0.39 is 0 Å². The first-order chi connectivity index (χ1) is 11.7. The summed E-state index contributed by atoms with van der Waals surface area (Å²) in [5.74, 6) is 0.398. The fraction of sp³-hybridized carbons (Fsp3) is 0.450. The van der Waals surface area contributed by atoms with Gasteiger partial charge in [0.1, 0.15) is 6.61 Å². The summed E-state index contributed by atoms with van der Waals surface area (Å²) in [6.07, 6.45) is 5.43. The quantitative estimate of drug-likeness (QED) is 0.842. The molecule has 0 bridgehead atoms. The van der Waals surface area contributed by atoms with Crippen LogP contribution in [0.25, 0.3) is 0 Å². The summed E-state index contributed by atoms with van der Waals surface area (Å²) in [4.78, 5) is 12.2. The van der Waals surface area contributed by atoms with Crippen LogP contribution in [-0.2, 0) is 20.9 Å². The van der Waals surface area contributed by atoms with Crippen molar-refractivity contribution in [3.63, 3.8) is 0 Å². The zero-order valence-corrected chi connectivity index (χ0v) is 14.0. The molecule has 0 spiro atoms. The molecule has 3 rings (SSSR count). The lowest BCUT2D eigenvalue weighted by atomic mass is 9.74. The first-order valence-electron chi connectivity index (χ1n) is 8.51. The van der Waals surface area contributed by atoms with Crippen molar-refractivity contribution in [2.24, 2.45) is 11.8 Å². The van der Waals surface area contributed by atoms with Crippen LogP contribution in [0, 0.1) is 11.8 Å². The van der Waals surface area contributed by atoms with E-state index in [-0.39, 0.29) is 24.4 Å². The van der Waals surface area contributed by atoms with Crippen LogP contribution in [0.2, 0.25) is 0 Å². The Morgan fingerprint density at radius 3 is 2.79 bits per heavy atom. The molecule has 1 N–H and O–H groups in total. The van der Waals surface area contributed by atoms with Gasteiger partial charge >= 0.3 is 5.97 Å².